The summed E-state index contributed by atoms with van der Waals surface area (Å²) < 4.78 is 49.6. The zero-order valence-corrected chi connectivity index (χ0v) is 11.2. The Bertz CT molecular complexity index is 453. The van der Waals surface area contributed by atoms with Crippen LogP contribution in [0.3, 0.4) is 0 Å². The Balaban J connectivity index is 2.80. The van der Waals surface area contributed by atoms with Crippen molar-refractivity contribution < 1.29 is 22.7 Å². The summed E-state index contributed by atoms with van der Waals surface area (Å²) in [6.07, 6.45) is -7.23. The number of halogens is 6. The topological polar surface area (TPSA) is 32.3 Å². The van der Waals surface area contributed by atoms with Gasteiger partial charge in [0.25, 0.3) is 0 Å². The molecule has 0 heterocycles. The van der Waals surface area contributed by atoms with Gasteiger partial charge in [0, 0.05) is 23.2 Å². The Morgan fingerprint density at radius 3 is 2.42 bits per heavy atom. The monoisotopic (exact) mass is 319 g/mol. The Labute approximate surface area is 117 Å². The maximum Gasteiger partial charge on any atom is 0.415 e. The molecule has 1 aromatic carbocycles. The van der Waals surface area contributed by atoms with E-state index in [4.69, 9.17) is 28.3 Å². The molecule has 0 aliphatic heterocycles. The second-order valence-corrected chi connectivity index (χ2v) is 4.73. The molecule has 0 bridgehead atoms. The van der Waals surface area contributed by atoms with Gasteiger partial charge in [-0.1, -0.05) is 23.2 Å². The quantitative estimate of drug-likeness (QED) is 0.655. The highest BCUT2D eigenvalue weighted by Gasteiger charge is 2.38. The third-order valence-corrected chi connectivity index (χ3v) is 3.22. The van der Waals surface area contributed by atoms with Gasteiger partial charge in [-0.3, -0.25) is 0 Å². The molecule has 1 aromatic rings. The van der Waals surface area contributed by atoms with Crippen molar-refractivity contribution in [3.8, 4) is 0 Å². The average molecular weight is 320 g/mol. The van der Waals surface area contributed by atoms with Gasteiger partial charge < -0.3 is 10.4 Å². The first-order chi connectivity index (χ1) is 8.64. The summed E-state index contributed by atoms with van der Waals surface area (Å²) in [4.78, 5) is 0. The molecular weight excluding hydrogens is 309 g/mol. The van der Waals surface area contributed by atoms with Crippen molar-refractivity contribution in [1.82, 2.24) is 5.32 Å². The van der Waals surface area contributed by atoms with E-state index in [0.717, 1.165) is 6.07 Å². The minimum atomic E-state index is -4.72. The smallest absolute Gasteiger partial charge is 0.382 e. The first-order valence-electron chi connectivity index (χ1n) is 5.26. The van der Waals surface area contributed by atoms with Gasteiger partial charge in [0.2, 0.25) is 0 Å². The Morgan fingerprint density at radius 1 is 1.32 bits per heavy atom. The van der Waals surface area contributed by atoms with Crippen LogP contribution in [0.15, 0.2) is 12.1 Å². The van der Waals surface area contributed by atoms with E-state index in [1.165, 1.54) is 13.0 Å². The fourth-order valence-corrected chi connectivity index (χ4v) is 2.14. The lowest BCUT2D eigenvalue weighted by Crippen LogP contribution is -2.39. The summed E-state index contributed by atoms with van der Waals surface area (Å²) in [5, 5.41) is 11.1. The van der Waals surface area contributed by atoms with Gasteiger partial charge in [0.05, 0.1) is 5.02 Å². The molecule has 2 atom stereocenters. The van der Waals surface area contributed by atoms with Crippen LogP contribution < -0.4 is 5.32 Å². The molecule has 0 aromatic heterocycles. The molecule has 0 amide bonds. The molecule has 0 aliphatic rings. The molecule has 2 N–H and O–H groups in total. The van der Waals surface area contributed by atoms with E-state index < -0.39 is 30.7 Å². The lowest BCUT2D eigenvalue weighted by molar-refractivity contribution is -0.202. The normalized spacial score (nSPS) is 15.4. The standard InChI is InChI=1S/C11H11Cl2F4NO/c1-5(18-4-8(19)11(15,16)17)9-6(12)2-3-7(14)10(9)13/h2-3,5,8,18-19H,4H2,1H3. The van der Waals surface area contributed by atoms with Crippen LogP contribution >= 0.6 is 23.2 Å². The van der Waals surface area contributed by atoms with Crippen molar-refractivity contribution in [2.24, 2.45) is 0 Å². The van der Waals surface area contributed by atoms with Crippen LogP contribution in [0.4, 0.5) is 17.6 Å². The fraction of sp³-hybridized carbons (Fsp3) is 0.455. The lowest BCUT2D eigenvalue weighted by Gasteiger charge is -2.21. The molecule has 1 rings (SSSR count). The molecule has 2 unspecified atom stereocenters. The van der Waals surface area contributed by atoms with E-state index in [0.29, 0.717) is 0 Å². The van der Waals surface area contributed by atoms with E-state index in [1.807, 2.05) is 0 Å². The molecule has 0 fully saturated rings. The average Bonchev–Trinajstić information content (AvgIpc) is 2.30. The highest BCUT2D eigenvalue weighted by atomic mass is 35.5. The van der Waals surface area contributed by atoms with Crippen LogP contribution in [0.2, 0.25) is 10.0 Å². The Kier molecular flexibility index (Phi) is 5.43. The van der Waals surface area contributed by atoms with Crippen LogP contribution in [-0.2, 0) is 0 Å². The first kappa shape index (κ1) is 16.5. The summed E-state index contributed by atoms with van der Waals surface area (Å²) in [6, 6.07) is 1.58. The number of rotatable bonds is 4. The molecule has 2 nitrogen and oxygen atoms in total. The molecule has 19 heavy (non-hydrogen) atoms. The SMILES string of the molecule is CC(NCC(O)C(F)(F)F)c1c(Cl)ccc(F)c1Cl. The predicted octanol–water partition coefficient (Wildman–Crippen LogP) is 3.71. The largest absolute Gasteiger partial charge is 0.415 e. The van der Waals surface area contributed by atoms with Gasteiger partial charge in [0.15, 0.2) is 6.10 Å². The van der Waals surface area contributed by atoms with Gasteiger partial charge in [-0.15, -0.1) is 0 Å². The summed E-state index contributed by atoms with van der Waals surface area (Å²) >= 11 is 11.5. The number of aliphatic hydroxyl groups is 1. The van der Waals surface area contributed by atoms with Crippen molar-refractivity contribution in [3.63, 3.8) is 0 Å². The van der Waals surface area contributed by atoms with Crippen LogP contribution in [0.1, 0.15) is 18.5 Å². The summed E-state index contributed by atoms with van der Waals surface area (Å²) in [6.45, 7) is 0.726. The van der Waals surface area contributed by atoms with Crippen molar-refractivity contribution in [3.05, 3.63) is 33.6 Å². The molecule has 108 valence electrons. The molecule has 0 spiro atoms. The zero-order valence-electron chi connectivity index (χ0n) is 9.73. The van der Waals surface area contributed by atoms with Crippen LogP contribution in [0.5, 0.6) is 0 Å². The van der Waals surface area contributed by atoms with Gasteiger partial charge in [-0.25, -0.2) is 4.39 Å². The number of hydrogen-bond acceptors (Lipinski definition) is 2. The van der Waals surface area contributed by atoms with Gasteiger partial charge in [-0.05, 0) is 19.1 Å². The molecule has 0 radical (unpaired) electrons. The first-order valence-corrected chi connectivity index (χ1v) is 6.01. The lowest BCUT2D eigenvalue weighted by atomic mass is 10.1. The molecule has 0 saturated carbocycles. The molecular formula is C11H11Cl2F4NO. The van der Waals surface area contributed by atoms with Gasteiger partial charge >= 0.3 is 6.18 Å². The Morgan fingerprint density at radius 2 is 1.89 bits per heavy atom. The fourth-order valence-electron chi connectivity index (χ4n) is 1.45. The predicted molar refractivity (Wildman–Crippen MR) is 64.9 cm³/mol. The van der Waals surface area contributed by atoms with Crippen molar-refractivity contribution in [2.75, 3.05) is 6.54 Å². The second kappa shape index (κ2) is 6.26. The molecule has 0 aliphatic carbocycles. The maximum absolute atomic E-state index is 13.3. The number of benzene rings is 1. The second-order valence-electron chi connectivity index (χ2n) is 3.94. The summed E-state index contributed by atoms with van der Waals surface area (Å²) in [5.41, 5.74) is 0.151. The van der Waals surface area contributed by atoms with Crippen LogP contribution in [0, 0.1) is 5.82 Å². The highest BCUT2D eigenvalue weighted by molar-refractivity contribution is 6.36. The van der Waals surface area contributed by atoms with Gasteiger partial charge in [0.1, 0.15) is 5.82 Å². The van der Waals surface area contributed by atoms with Crippen LogP contribution in [0.25, 0.3) is 0 Å². The number of alkyl halides is 3. The van der Waals surface area contributed by atoms with Crippen molar-refractivity contribution in [1.29, 1.82) is 0 Å². The Hall–Kier alpha value is -0.560. The number of nitrogens with one attached hydrogen (secondary N) is 1. The third kappa shape index (κ3) is 4.21. The van der Waals surface area contributed by atoms with Crippen molar-refractivity contribution >= 4 is 23.2 Å². The molecule has 0 saturated heterocycles. The van der Waals surface area contributed by atoms with Gasteiger partial charge in [-0.2, -0.15) is 13.2 Å². The van der Waals surface area contributed by atoms with E-state index in [2.05, 4.69) is 5.32 Å². The number of aliphatic hydroxyl groups excluding tert-OH is 1. The minimum absolute atomic E-state index is 0.132. The minimum Gasteiger partial charge on any atom is -0.382 e. The summed E-state index contributed by atoms with van der Waals surface area (Å²) in [5.74, 6) is -0.717. The highest BCUT2D eigenvalue weighted by Crippen LogP contribution is 2.32. The van der Waals surface area contributed by atoms with Crippen molar-refractivity contribution in [2.45, 2.75) is 25.2 Å². The molecule has 8 heteroatoms. The zero-order chi connectivity index (χ0) is 14.8. The summed E-state index contributed by atoms with van der Waals surface area (Å²) in [7, 11) is 0. The van der Waals surface area contributed by atoms with E-state index in [1.54, 1.807) is 0 Å². The maximum atomic E-state index is 13.3. The van der Waals surface area contributed by atoms with E-state index in [9.17, 15) is 17.6 Å². The van der Waals surface area contributed by atoms with Crippen LogP contribution in [-0.4, -0.2) is 23.9 Å². The third-order valence-electron chi connectivity index (χ3n) is 2.51. The van der Waals surface area contributed by atoms with E-state index in [-0.39, 0.29) is 15.6 Å². The number of hydrogen-bond donors (Lipinski definition) is 2. The van der Waals surface area contributed by atoms with E-state index >= 15 is 0 Å².